The molecule has 2 rings (SSSR count). The first-order valence-corrected chi connectivity index (χ1v) is 9.40. The second-order valence-electron chi connectivity index (χ2n) is 4.40. The molecule has 0 aromatic heterocycles. The van der Waals surface area contributed by atoms with Crippen molar-refractivity contribution in [1.29, 1.82) is 0 Å². The van der Waals surface area contributed by atoms with Gasteiger partial charge >= 0.3 is 5.97 Å². The molecule has 122 valence electrons. The maximum absolute atomic E-state index is 12.3. The SMILES string of the molecule is CCOC(=O)CN1C(=O)S/C(=C\c2cc(I)cc(I)c2O)C1=O. The van der Waals surface area contributed by atoms with Gasteiger partial charge in [-0.2, -0.15) is 0 Å². The normalized spacial score (nSPS) is 16.3. The predicted molar refractivity (Wildman–Crippen MR) is 103 cm³/mol. The highest BCUT2D eigenvalue weighted by Gasteiger charge is 2.36. The van der Waals surface area contributed by atoms with Crippen LogP contribution in [0.2, 0.25) is 0 Å². The van der Waals surface area contributed by atoms with Crippen LogP contribution in [0.3, 0.4) is 0 Å². The summed E-state index contributed by atoms with van der Waals surface area (Å²) < 4.78 is 6.28. The monoisotopic (exact) mass is 559 g/mol. The third kappa shape index (κ3) is 4.38. The van der Waals surface area contributed by atoms with E-state index in [1.54, 1.807) is 19.1 Å². The van der Waals surface area contributed by atoms with E-state index in [0.29, 0.717) is 9.13 Å². The lowest BCUT2D eigenvalue weighted by atomic mass is 10.2. The van der Waals surface area contributed by atoms with Crippen molar-refractivity contribution in [3.63, 3.8) is 0 Å². The number of amides is 2. The summed E-state index contributed by atoms with van der Waals surface area (Å²) in [7, 11) is 0. The largest absolute Gasteiger partial charge is 0.506 e. The van der Waals surface area contributed by atoms with Gasteiger partial charge in [-0.25, -0.2) is 0 Å². The van der Waals surface area contributed by atoms with E-state index < -0.39 is 23.7 Å². The zero-order valence-electron chi connectivity index (χ0n) is 11.8. The number of nitrogens with zero attached hydrogens (tertiary/aromatic N) is 1. The minimum Gasteiger partial charge on any atom is -0.506 e. The Morgan fingerprint density at radius 2 is 2.09 bits per heavy atom. The number of aromatic hydroxyl groups is 1. The van der Waals surface area contributed by atoms with Crippen molar-refractivity contribution >= 4 is 80.1 Å². The number of esters is 1. The van der Waals surface area contributed by atoms with Crippen molar-refractivity contribution < 1.29 is 24.2 Å². The summed E-state index contributed by atoms with van der Waals surface area (Å²) in [4.78, 5) is 36.6. The molecule has 9 heteroatoms. The summed E-state index contributed by atoms with van der Waals surface area (Å²) in [5.74, 6) is -1.16. The number of carbonyl (C=O) groups excluding carboxylic acids is 3. The Bertz CT molecular complexity index is 719. The molecule has 6 nitrogen and oxygen atoms in total. The Balaban J connectivity index is 2.27. The second kappa shape index (κ2) is 7.83. The number of halogens is 2. The minimum atomic E-state index is -0.636. The predicted octanol–water partition coefficient (Wildman–Crippen LogP) is 3.20. The lowest BCUT2D eigenvalue weighted by Crippen LogP contribution is -2.34. The summed E-state index contributed by atoms with van der Waals surface area (Å²) in [6.07, 6.45) is 1.45. The maximum Gasteiger partial charge on any atom is 0.326 e. The molecule has 2 amide bonds. The third-order valence-electron chi connectivity index (χ3n) is 2.81. The fourth-order valence-electron chi connectivity index (χ4n) is 1.81. The highest BCUT2D eigenvalue weighted by Crippen LogP contribution is 2.35. The van der Waals surface area contributed by atoms with Gasteiger partial charge in [0.05, 0.1) is 15.1 Å². The topological polar surface area (TPSA) is 83.9 Å². The van der Waals surface area contributed by atoms with E-state index in [2.05, 4.69) is 22.6 Å². The Morgan fingerprint density at radius 3 is 2.74 bits per heavy atom. The molecule has 1 N–H and O–H groups in total. The average Bonchev–Trinajstić information content (AvgIpc) is 2.72. The Kier molecular flexibility index (Phi) is 6.31. The summed E-state index contributed by atoms with van der Waals surface area (Å²) in [5.41, 5.74) is 0.447. The van der Waals surface area contributed by atoms with Crippen molar-refractivity contribution in [2.75, 3.05) is 13.2 Å². The van der Waals surface area contributed by atoms with E-state index >= 15 is 0 Å². The third-order valence-corrected chi connectivity index (χ3v) is 5.16. The number of rotatable bonds is 4. The molecule has 1 aromatic rings. The fourth-order valence-corrected chi connectivity index (χ4v) is 4.53. The molecule has 0 bridgehead atoms. The molecule has 1 heterocycles. The molecule has 0 atom stereocenters. The minimum absolute atomic E-state index is 0.0446. The Labute approximate surface area is 163 Å². The van der Waals surface area contributed by atoms with Crippen LogP contribution in [-0.4, -0.2) is 40.3 Å². The molecule has 1 aliphatic rings. The summed E-state index contributed by atoms with van der Waals surface area (Å²) in [6, 6.07) is 3.50. The molecule has 0 unspecified atom stereocenters. The Hall–Kier alpha value is -0.820. The molecule has 1 saturated heterocycles. The van der Waals surface area contributed by atoms with E-state index in [1.165, 1.54) is 6.08 Å². The van der Waals surface area contributed by atoms with E-state index in [1.807, 2.05) is 22.6 Å². The number of phenolic OH excluding ortho intramolecular Hbond substituents is 1. The van der Waals surface area contributed by atoms with E-state index in [0.717, 1.165) is 20.2 Å². The number of phenols is 1. The zero-order chi connectivity index (χ0) is 17.1. The number of benzene rings is 1. The van der Waals surface area contributed by atoms with Crippen LogP contribution in [0.5, 0.6) is 5.75 Å². The number of ether oxygens (including phenoxy) is 1. The van der Waals surface area contributed by atoms with Crippen molar-refractivity contribution in [2.24, 2.45) is 0 Å². The maximum atomic E-state index is 12.3. The summed E-state index contributed by atoms with van der Waals surface area (Å²) >= 11 is 4.82. The standard InChI is InChI=1S/C14H11I2NO5S/c1-2-22-11(18)6-17-13(20)10(23-14(17)21)4-7-3-8(15)5-9(16)12(7)19/h3-5,19H,2,6H2,1H3/b10-4-. The van der Waals surface area contributed by atoms with Gasteiger partial charge in [0.25, 0.3) is 11.1 Å². The summed E-state index contributed by atoms with van der Waals surface area (Å²) in [5, 5.41) is 9.53. The van der Waals surface area contributed by atoms with Crippen LogP contribution < -0.4 is 0 Å². The molecule has 23 heavy (non-hydrogen) atoms. The van der Waals surface area contributed by atoms with Crippen LogP contribution in [0.1, 0.15) is 12.5 Å². The zero-order valence-corrected chi connectivity index (χ0v) is 17.0. The van der Waals surface area contributed by atoms with Crippen LogP contribution in [0.25, 0.3) is 6.08 Å². The van der Waals surface area contributed by atoms with Crippen LogP contribution >= 0.6 is 56.9 Å². The number of thioether (sulfide) groups is 1. The number of hydrogen-bond donors (Lipinski definition) is 1. The molecule has 0 spiro atoms. The van der Waals surface area contributed by atoms with Crippen molar-refractivity contribution in [3.05, 3.63) is 29.7 Å². The first kappa shape index (κ1) is 18.5. The van der Waals surface area contributed by atoms with Crippen LogP contribution in [0.4, 0.5) is 4.79 Å². The first-order valence-electron chi connectivity index (χ1n) is 6.42. The van der Waals surface area contributed by atoms with Crippen LogP contribution in [0, 0.1) is 7.14 Å². The van der Waals surface area contributed by atoms with Gasteiger partial charge in [0.1, 0.15) is 12.3 Å². The smallest absolute Gasteiger partial charge is 0.326 e. The molecule has 0 aliphatic carbocycles. The van der Waals surface area contributed by atoms with Gasteiger partial charge in [-0.1, -0.05) is 0 Å². The van der Waals surface area contributed by atoms with E-state index in [9.17, 15) is 19.5 Å². The van der Waals surface area contributed by atoms with Gasteiger partial charge in [0, 0.05) is 9.13 Å². The van der Waals surface area contributed by atoms with E-state index in [-0.39, 0.29) is 17.3 Å². The van der Waals surface area contributed by atoms with Crippen LogP contribution in [-0.2, 0) is 14.3 Å². The van der Waals surface area contributed by atoms with Crippen molar-refractivity contribution in [2.45, 2.75) is 6.92 Å². The molecule has 1 aromatic carbocycles. The van der Waals surface area contributed by atoms with E-state index in [4.69, 9.17) is 4.74 Å². The number of hydrogen-bond acceptors (Lipinski definition) is 6. The second-order valence-corrected chi connectivity index (χ2v) is 7.80. The average molecular weight is 559 g/mol. The van der Waals surface area contributed by atoms with Gasteiger partial charge in [-0.05, 0) is 82.1 Å². The highest BCUT2D eigenvalue weighted by molar-refractivity contribution is 14.1. The van der Waals surface area contributed by atoms with Crippen molar-refractivity contribution in [1.82, 2.24) is 4.90 Å². The molecule has 1 fully saturated rings. The van der Waals surface area contributed by atoms with Crippen molar-refractivity contribution in [3.8, 4) is 5.75 Å². The molecular formula is C14H11I2NO5S. The first-order chi connectivity index (χ1) is 10.8. The van der Waals surface area contributed by atoms with Gasteiger partial charge in [0.2, 0.25) is 0 Å². The number of imide groups is 1. The van der Waals surface area contributed by atoms with Gasteiger partial charge in [0.15, 0.2) is 0 Å². The Morgan fingerprint density at radius 1 is 1.39 bits per heavy atom. The highest BCUT2D eigenvalue weighted by atomic mass is 127. The molecule has 0 radical (unpaired) electrons. The molecular weight excluding hydrogens is 548 g/mol. The van der Waals surface area contributed by atoms with Gasteiger partial charge in [-0.3, -0.25) is 19.3 Å². The van der Waals surface area contributed by atoms with Gasteiger partial charge in [-0.15, -0.1) is 0 Å². The summed E-state index contributed by atoms with van der Waals surface area (Å²) in [6.45, 7) is 1.42. The lowest BCUT2D eigenvalue weighted by Gasteiger charge is -2.10. The van der Waals surface area contributed by atoms with Crippen LogP contribution in [0.15, 0.2) is 17.0 Å². The molecule has 1 aliphatic heterocycles. The lowest BCUT2D eigenvalue weighted by molar-refractivity contribution is -0.145. The van der Waals surface area contributed by atoms with Gasteiger partial charge < -0.3 is 9.84 Å². The molecule has 0 saturated carbocycles. The number of carbonyl (C=O) groups is 3. The quantitative estimate of drug-likeness (QED) is 0.347. The fraction of sp³-hybridized carbons (Fsp3) is 0.214.